The summed E-state index contributed by atoms with van der Waals surface area (Å²) in [5, 5.41) is 5.11. The quantitative estimate of drug-likeness (QED) is 0.264. The van der Waals surface area contributed by atoms with Gasteiger partial charge in [-0.3, -0.25) is 0 Å². The molecule has 0 N–H and O–H groups in total. The molecule has 0 saturated carbocycles. The van der Waals surface area contributed by atoms with Gasteiger partial charge in [-0.2, -0.15) is 0 Å². The van der Waals surface area contributed by atoms with E-state index in [1.165, 1.54) is 53.6 Å². The van der Waals surface area contributed by atoms with Crippen molar-refractivity contribution in [1.29, 1.82) is 0 Å². The Hall–Kier alpha value is -3.81. The Kier molecular flexibility index (Phi) is 5.18. The number of fused-ring (bicyclic) bond motifs is 2. The highest BCUT2D eigenvalue weighted by atomic mass is 32.2. The van der Waals surface area contributed by atoms with Crippen molar-refractivity contribution < 1.29 is 0 Å². The lowest BCUT2D eigenvalue weighted by molar-refractivity contribution is 1.43. The van der Waals surface area contributed by atoms with E-state index in [9.17, 15) is 0 Å². The van der Waals surface area contributed by atoms with Crippen LogP contribution in [0.5, 0.6) is 0 Å². The van der Waals surface area contributed by atoms with Gasteiger partial charge in [0.25, 0.3) is 0 Å². The monoisotopic (exact) mass is 438 g/mol. The molecular formula is C32H22S. The molecule has 1 heteroatoms. The minimum Gasteiger partial charge on any atom is -0.0888 e. The number of hydrogen-bond donors (Lipinski definition) is 0. The summed E-state index contributed by atoms with van der Waals surface area (Å²) in [5.74, 6) is 0. The highest BCUT2D eigenvalue weighted by Crippen LogP contribution is 2.45. The standard InChI is InChI=1S/C32H22S/c1-3-13-25(14-4-1)31-27-17-9-7-11-23(27)19-21-29(31)33-30-22-20-24-12-8-10-18-28(24)32(30)26-15-5-2-6-16-26/h1-22H. The summed E-state index contributed by atoms with van der Waals surface area (Å²) in [6.45, 7) is 0. The largest absolute Gasteiger partial charge is 0.0888 e. The minimum absolute atomic E-state index is 1.25. The maximum atomic E-state index is 2.28. The fraction of sp³-hybridized carbons (Fsp3) is 0. The molecule has 0 aliphatic carbocycles. The first-order valence-corrected chi connectivity index (χ1v) is 12.0. The summed E-state index contributed by atoms with van der Waals surface area (Å²) in [7, 11) is 0. The SMILES string of the molecule is c1ccc(-c2c(Sc3ccc4ccccc4c3-c3ccccc3)ccc3ccccc23)cc1. The van der Waals surface area contributed by atoms with Crippen molar-refractivity contribution in [3.05, 3.63) is 133 Å². The predicted octanol–water partition coefficient (Wildman–Crippen LogP) is 9.48. The Labute approximate surface area is 198 Å². The van der Waals surface area contributed by atoms with Crippen LogP contribution in [0.25, 0.3) is 43.8 Å². The average molecular weight is 439 g/mol. The third-order valence-electron chi connectivity index (χ3n) is 6.13. The van der Waals surface area contributed by atoms with E-state index in [0.717, 1.165) is 0 Å². The van der Waals surface area contributed by atoms with E-state index in [1.807, 2.05) is 11.8 Å². The Balaban J connectivity index is 1.59. The average Bonchev–Trinajstić information content (AvgIpc) is 2.89. The lowest BCUT2D eigenvalue weighted by Crippen LogP contribution is -1.89. The molecule has 0 aliphatic rings. The summed E-state index contributed by atoms with van der Waals surface area (Å²) < 4.78 is 0. The van der Waals surface area contributed by atoms with Gasteiger partial charge in [0.15, 0.2) is 0 Å². The van der Waals surface area contributed by atoms with Gasteiger partial charge in [0, 0.05) is 20.9 Å². The van der Waals surface area contributed by atoms with Gasteiger partial charge in [-0.15, -0.1) is 0 Å². The van der Waals surface area contributed by atoms with Crippen molar-refractivity contribution >= 4 is 33.3 Å². The van der Waals surface area contributed by atoms with E-state index in [2.05, 4.69) is 133 Å². The van der Waals surface area contributed by atoms with Crippen molar-refractivity contribution in [2.45, 2.75) is 9.79 Å². The van der Waals surface area contributed by atoms with Crippen LogP contribution < -0.4 is 0 Å². The van der Waals surface area contributed by atoms with Gasteiger partial charge in [-0.05, 0) is 44.8 Å². The van der Waals surface area contributed by atoms with Crippen LogP contribution in [0.15, 0.2) is 143 Å². The second kappa shape index (κ2) is 8.61. The Morgan fingerprint density at radius 3 is 1.18 bits per heavy atom. The first-order valence-electron chi connectivity index (χ1n) is 11.2. The zero-order chi connectivity index (χ0) is 22.0. The van der Waals surface area contributed by atoms with Crippen LogP contribution in [0.3, 0.4) is 0 Å². The lowest BCUT2D eigenvalue weighted by atomic mass is 9.98. The lowest BCUT2D eigenvalue weighted by Gasteiger charge is -2.17. The normalized spacial score (nSPS) is 11.2. The molecule has 0 aliphatic heterocycles. The van der Waals surface area contributed by atoms with E-state index >= 15 is 0 Å². The Morgan fingerprint density at radius 1 is 0.333 bits per heavy atom. The number of benzene rings is 6. The minimum atomic E-state index is 1.25. The maximum Gasteiger partial charge on any atom is 0.0207 e. The second-order valence-electron chi connectivity index (χ2n) is 8.15. The van der Waals surface area contributed by atoms with E-state index < -0.39 is 0 Å². The number of hydrogen-bond acceptors (Lipinski definition) is 1. The summed E-state index contributed by atoms with van der Waals surface area (Å²) in [5.41, 5.74) is 5.09. The van der Waals surface area contributed by atoms with Crippen LogP contribution in [0.2, 0.25) is 0 Å². The molecule has 0 nitrogen and oxygen atoms in total. The molecule has 6 aromatic rings. The predicted molar refractivity (Wildman–Crippen MR) is 143 cm³/mol. The summed E-state index contributed by atoms with van der Waals surface area (Å²) in [6.07, 6.45) is 0. The zero-order valence-electron chi connectivity index (χ0n) is 18.1. The van der Waals surface area contributed by atoms with Gasteiger partial charge < -0.3 is 0 Å². The van der Waals surface area contributed by atoms with Crippen LogP contribution >= 0.6 is 11.8 Å². The van der Waals surface area contributed by atoms with Crippen molar-refractivity contribution in [2.75, 3.05) is 0 Å². The molecule has 0 amide bonds. The zero-order valence-corrected chi connectivity index (χ0v) is 18.9. The van der Waals surface area contributed by atoms with Crippen LogP contribution in [0.1, 0.15) is 0 Å². The van der Waals surface area contributed by atoms with E-state index in [0.29, 0.717) is 0 Å². The molecule has 0 heterocycles. The van der Waals surface area contributed by atoms with Crippen LogP contribution in [-0.4, -0.2) is 0 Å². The van der Waals surface area contributed by atoms with Crippen molar-refractivity contribution in [3.63, 3.8) is 0 Å². The highest BCUT2D eigenvalue weighted by Gasteiger charge is 2.15. The van der Waals surface area contributed by atoms with Gasteiger partial charge in [-0.1, -0.05) is 133 Å². The highest BCUT2D eigenvalue weighted by molar-refractivity contribution is 7.99. The maximum absolute atomic E-state index is 2.28. The smallest absolute Gasteiger partial charge is 0.0207 e. The molecular weight excluding hydrogens is 416 g/mol. The van der Waals surface area contributed by atoms with Gasteiger partial charge >= 0.3 is 0 Å². The van der Waals surface area contributed by atoms with Crippen molar-refractivity contribution in [3.8, 4) is 22.3 Å². The summed E-state index contributed by atoms with van der Waals surface area (Å²) >= 11 is 1.86. The first-order chi connectivity index (χ1) is 16.4. The van der Waals surface area contributed by atoms with Gasteiger partial charge in [0.2, 0.25) is 0 Å². The molecule has 0 aromatic heterocycles. The molecule has 33 heavy (non-hydrogen) atoms. The molecule has 0 spiro atoms. The van der Waals surface area contributed by atoms with E-state index in [4.69, 9.17) is 0 Å². The van der Waals surface area contributed by atoms with E-state index in [-0.39, 0.29) is 0 Å². The molecule has 0 fully saturated rings. The van der Waals surface area contributed by atoms with Gasteiger partial charge in [0.1, 0.15) is 0 Å². The van der Waals surface area contributed by atoms with Crippen molar-refractivity contribution in [2.24, 2.45) is 0 Å². The molecule has 0 atom stereocenters. The molecule has 0 bridgehead atoms. The van der Waals surface area contributed by atoms with Crippen LogP contribution in [-0.2, 0) is 0 Å². The first kappa shape index (κ1) is 19.8. The Morgan fingerprint density at radius 2 is 0.727 bits per heavy atom. The topological polar surface area (TPSA) is 0 Å². The fourth-order valence-corrected chi connectivity index (χ4v) is 5.77. The van der Waals surface area contributed by atoms with Gasteiger partial charge in [-0.25, -0.2) is 0 Å². The fourth-order valence-electron chi connectivity index (χ4n) is 4.60. The van der Waals surface area contributed by atoms with Crippen LogP contribution in [0, 0.1) is 0 Å². The Bertz CT molecular complexity index is 1450. The molecule has 6 rings (SSSR count). The summed E-state index contributed by atoms with van der Waals surface area (Å²) in [6, 6.07) is 47.9. The van der Waals surface area contributed by atoms with Crippen molar-refractivity contribution in [1.82, 2.24) is 0 Å². The summed E-state index contributed by atoms with van der Waals surface area (Å²) in [4.78, 5) is 2.54. The van der Waals surface area contributed by atoms with Gasteiger partial charge in [0.05, 0.1) is 0 Å². The third-order valence-corrected chi connectivity index (χ3v) is 7.25. The molecule has 6 aromatic carbocycles. The number of rotatable bonds is 4. The third kappa shape index (κ3) is 3.71. The molecule has 0 radical (unpaired) electrons. The molecule has 0 saturated heterocycles. The second-order valence-corrected chi connectivity index (χ2v) is 9.24. The molecule has 0 unspecified atom stereocenters. The van der Waals surface area contributed by atoms with Crippen LogP contribution in [0.4, 0.5) is 0 Å². The van der Waals surface area contributed by atoms with E-state index in [1.54, 1.807) is 0 Å². The molecule has 156 valence electrons.